The molecule has 2 amide bonds. The number of benzene rings is 1. The number of carbonyl (C=O) groups is 2. The number of hydrazine groups is 1. The molecule has 0 fully saturated rings. The predicted octanol–water partition coefficient (Wildman–Crippen LogP) is -0.186. The van der Waals surface area contributed by atoms with Crippen LogP contribution in [0.25, 0.3) is 0 Å². The molecule has 0 spiro atoms. The lowest BCUT2D eigenvalue weighted by Gasteiger charge is -2.13. The number of hydrogen-bond donors (Lipinski definition) is 3. The van der Waals surface area contributed by atoms with Gasteiger partial charge >= 0.3 is 0 Å². The molecule has 104 valence electrons. The van der Waals surface area contributed by atoms with Gasteiger partial charge in [0, 0.05) is 13.0 Å². The molecule has 1 aromatic carbocycles. The van der Waals surface area contributed by atoms with Gasteiger partial charge in [0.25, 0.3) is 5.91 Å². The van der Waals surface area contributed by atoms with E-state index in [-0.39, 0.29) is 24.4 Å². The molecule has 0 aliphatic rings. The third kappa shape index (κ3) is 3.85. The van der Waals surface area contributed by atoms with E-state index in [0.717, 1.165) is 0 Å². The number of amides is 2. The Morgan fingerprint density at radius 1 is 1.16 bits per heavy atom. The van der Waals surface area contributed by atoms with Crippen LogP contribution in [0.2, 0.25) is 0 Å². The standard InChI is InChI=1S/C12H17N3O4/c1-18-8-4-3-5-9(19-2)11(8)12(17)15-14-10(16)6-7-13/h3-5H,6-7,13H2,1-2H3,(H,14,16)(H,15,17). The van der Waals surface area contributed by atoms with Gasteiger partial charge in [-0.05, 0) is 12.1 Å². The summed E-state index contributed by atoms with van der Waals surface area (Å²) in [6.45, 7) is 0.208. The first-order valence-electron chi connectivity index (χ1n) is 5.64. The highest BCUT2D eigenvalue weighted by Crippen LogP contribution is 2.27. The minimum Gasteiger partial charge on any atom is -0.496 e. The van der Waals surface area contributed by atoms with Crippen molar-refractivity contribution < 1.29 is 19.1 Å². The topological polar surface area (TPSA) is 103 Å². The van der Waals surface area contributed by atoms with Gasteiger partial charge in [-0.1, -0.05) is 6.07 Å². The van der Waals surface area contributed by atoms with Gasteiger partial charge in [0.2, 0.25) is 5.91 Å². The van der Waals surface area contributed by atoms with Crippen LogP contribution in [0.5, 0.6) is 11.5 Å². The van der Waals surface area contributed by atoms with Crippen LogP contribution in [0.1, 0.15) is 16.8 Å². The fourth-order valence-electron chi connectivity index (χ4n) is 1.46. The van der Waals surface area contributed by atoms with Crippen LogP contribution < -0.4 is 26.1 Å². The Balaban J connectivity index is 2.83. The van der Waals surface area contributed by atoms with Crippen molar-refractivity contribution in [2.24, 2.45) is 5.73 Å². The average Bonchev–Trinajstić information content (AvgIpc) is 2.44. The molecular formula is C12H17N3O4. The molecule has 0 radical (unpaired) electrons. The molecule has 0 heterocycles. The smallest absolute Gasteiger partial charge is 0.277 e. The van der Waals surface area contributed by atoms with E-state index in [1.807, 2.05) is 0 Å². The van der Waals surface area contributed by atoms with Crippen molar-refractivity contribution in [3.05, 3.63) is 23.8 Å². The third-order valence-electron chi connectivity index (χ3n) is 2.34. The summed E-state index contributed by atoms with van der Waals surface area (Å²) in [5, 5.41) is 0. The first kappa shape index (κ1) is 14.8. The van der Waals surface area contributed by atoms with Crippen LogP contribution >= 0.6 is 0 Å². The zero-order valence-corrected chi connectivity index (χ0v) is 10.9. The molecule has 0 saturated carbocycles. The number of hydrogen-bond acceptors (Lipinski definition) is 5. The van der Waals surface area contributed by atoms with Crippen molar-refractivity contribution in [2.45, 2.75) is 6.42 Å². The maximum Gasteiger partial charge on any atom is 0.277 e. The van der Waals surface area contributed by atoms with Crippen LogP contribution in [0.15, 0.2) is 18.2 Å². The molecule has 0 unspecified atom stereocenters. The van der Waals surface area contributed by atoms with Crippen molar-refractivity contribution in [3.8, 4) is 11.5 Å². The summed E-state index contributed by atoms with van der Waals surface area (Å²) in [4.78, 5) is 23.2. The van der Waals surface area contributed by atoms with Crippen LogP contribution in [0, 0.1) is 0 Å². The number of ether oxygens (including phenoxy) is 2. The van der Waals surface area contributed by atoms with E-state index < -0.39 is 5.91 Å². The average molecular weight is 267 g/mol. The molecule has 0 aliphatic heterocycles. The first-order valence-corrected chi connectivity index (χ1v) is 5.64. The SMILES string of the molecule is COc1cccc(OC)c1C(=O)NNC(=O)CCN. The Morgan fingerprint density at radius 3 is 2.21 bits per heavy atom. The summed E-state index contributed by atoms with van der Waals surface area (Å²) in [6.07, 6.45) is 0.128. The molecule has 0 bridgehead atoms. The summed E-state index contributed by atoms with van der Waals surface area (Å²) in [6, 6.07) is 4.94. The quantitative estimate of drug-likeness (QED) is 0.642. The number of nitrogens with one attached hydrogen (secondary N) is 2. The summed E-state index contributed by atoms with van der Waals surface area (Å²) < 4.78 is 10.2. The highest BCUT2D eigenvalue weighted by atomic mass is 16.5. The molecule has 1 aromatic rings. The highest BCUT2D eigenvalue weighted by molar-refractivity contribution is 6.00. The van der Waals surface area contributed by atoms with Gasteiger partial charge in [0.1, 0.15) is 17.1 Å². The van der Waals surface area contributed by atoms with E-state index in [1.54, 1.807) is 18.2 Å². The van der Waals surface area contributed by atoms with Gasteiger partial charge in [-0.15, -0.1) is 0 Å². The molecule has 0 aromatic heterocycles. The maximum absolute atomic E-state index is 12.0. The summed E-state index contributed by atoms with van der Waals surface area (Å²) >= 11 is 0. The highest BCUT2D eigenvalue weighted by Gasteiger charge is 2.18. The number of methoxy groups -OCH3 is 2. The van der Waals surface area contributed by atoms with Gasteiger partial charge in [0.15, 0.2) is 0 Å². The largest absolute Gasteiger partial charge is 0.496 e. The van der Waals surface area contributed by atoms with Gasteiger partial charge in [-0.25, -0.2) is 0 Å². The van der Waals surface area contributed by atoms with Gasteiger partial charge in [-0.2, -0.15) is 0 Å². The minimum atomic E-state index is -0.528. The minimum absolute atomic E-state index is 0.128. The predicted molar refractivity (Wildman–Crippen MR) is 68.8 cm³/mol. The zero-order chi connectivity index (χ0) is 14.3. The molecule has 0 saturated heterocycles. The van der Waals surface area contributed by atoms with Crippen molar-refractivity contribution >= 4 is 11.8 Å². The second-order valence-corrected chi connectivity index (χ2v) is 3.58. The zero-order valence-electron chi connectivity index (χ0n) is 10.9. The molecule has 7 heteroatoms. The fraction of sp³-hybridized carbons (Fsp3) is 0.333. The van der Waals surface area contributed by atoms with Crippen LogP contribution in [0.4, 0.5) is 0 Å². The lowest BCUT2D eigenvalue weighted by atomic mass is 10.1. The van der Waals surface area contributed by atoms with E-state index in [9.17, 15) is 9.59 Å². The molecule has 0 aliphatic carbocycles. The molecule has 19 heavy (non-hydrogen) atoms. The van der Waals surface area contributed by atoms with Crippen LogP contribution in [0.3, 0.4) is 0 Å². The summed E-state index contributed by atoms with van der Waals surface area (Å²) in [5.41, 5.74) is 9.97. The summed E-state index contributed by atoms with van der Waals surface area (Å²) in [7, 11) is 2.89. The van der Waals surface area contributed by atoms with Crippen molar-refractivity contribution in [2.75, 3.05) is 20.8 Å². The lowest BCUT2D eigenvalue weighted by Crippen LogP contribution is -2.42. The number of rotatable bonds is 5. The second kappa shape index (κ2) is 7.22. The van der Waals surface area contributed by atoms with Crippen LogP contribution in [-0.4, -0.2) is 32.6 Å². The Kier molecular flexibility index (Phi) is 5.62. The van der Waals surface area contributed by atoms with E-state index >= 15 is 0 Å². The Morgan fingerprint density at radius 2 is 1.74 bits per heavy atom. The molecule has 7 nitrogen and oxygen atoms in total. The molecule has 4 N–H and O–H groups in total. The summed E-state index contributed by atoms with van der Waals surface area (Å²) in [5.74, 6) is -0.195. The van der Waals surface area contributed by atoms with Crippen molar-refractivity contribution in [3.63, 3.8) is 0 Å². The molecule has 1 rings (SSSR count). The Labute approximate surface area is 111 Å². The normalized spacial score (nSPS) is 9.63. The maximum atomic E-state index is 12.0. The fourth-order valence-corrected chi connectivity index (χ4v) is 1.46. The molecular weight excluding hydrogens is 250 g/mol. The monoisotopic (exact) mass is 267 g/mol. The van der Waals surface area contributed by atoms with E-state index in [0.29, 0.717) is 11.5 Å². The third-order valence-corrected chi connectivity index (χ3v) is 2.34. The van der Waals surface area contributed by atoms with E-state index in [4.69, 9.17) is 15.2 Å². The van der Waals surface area contributed by atoms with Crippen molar-refractivity contribution in [1.29, 1.82) is 0 Å². The van der Waals surface area contributed by atoms with Crippen LogP contribution in [-0.2, 0) is 4.79 Å². The number of nitrogens with two attached hydrogens (primary N) is 1. The van der Waals surface area contributed by atoms with E-state index in [2.05, 4.69) is 10.9 Å². The van der Waals surface area contributed by atoms with E-state index in [1.165, 1.54) is 14.2 Å². The number of carbonyl (C=O) groups excluding carboxylic acids is 2. The van der Waals surface area contributed by atoms with Crippen molar-refractivity contribution in [1.82, 2.24) is 10.9 Å². The molecule has 0 atom stereocenters. The van der Waals surface area contributed by atoms with Gasteiger partial charge in [0.05, 0.1) is 14.2 Å². The Bertz CT molecular complexity index is 440. The first-order chi connectivity index (χ1) is 9.13. The lowest BCUT2D eigenvalue weighted by molar-refractivity contribution is -0.121. The van der Waals surface area contributed by atoms with Gasteiger partial charge < -0.3 is 15.2 Å². The Hall–Kier alpha value is -2.28. The second-order valence-electron chi connectivity index (χ2n) is 3.58. The van der Waals surface area contributed by atoms with Gasteiger partial charge in [-0.3, -0.25) is 20.4 Å².